The highest BCUT2D eigenvalue weighted by atomic mass is 15.1. The van der Waals surface area contributed by atoms with E-state index in [0.29, 0.717) is 5.92 Å². The maximum absolute atomic E-state index is 2.38. The largest absolute Gasteiger partial charge is 0.310 e. The van der Waals surface area contributed by atoms with Crippen LogP contribution in [-0.2, 0) is 0 Å². The van der Waals surface area contributed by atoms with Crippen LogP contribution < -0.4 is 4.90 Å². The first-order valence-corrected chi connectivity index (χ1v) is 14.8. The van der Waals surface area contributed by atoms with Crippen molar-refractivity contribution in [3.63, 3.8) is 0 Å². The van der Waals surface area contributed by atoms with Crippen molar-refractivity contribution in [3.05, 3.63) is 151 Å². The lowest BCUT2D eigenvalue weighted by atomic mass is 9.78. The molecule has 0 bridgehead atoms. The van der Waals surface area contributed by atoms with Crippen molar-refractivity contribution in [3.8, 4) is 33.4 Å². The van der Waals surface area contributed by atoms with Crippen molar-refractivity contribution in [2.45, 2.75) is 19.8 Å². The van der Waals surface area contributed by atoms with E-state index in [1.807, 2.05) is 0 Å². The Balaban J connectivity index is 1.23. The molecular formula is C41H31N. The molecule has 0 atom stereocenters. The Morgan fingerprint density at radius 2 is 0.833 bits per heavy atom. The van der Waals surface area contributed by atoms with E-state index in [0.717, 1.165) is 17.1 Å². The van der Waals surface area contributed by atoms with Gasteiger partial charge in [-0.05, 0) is 127 Å². The van der Waals surface area contributed by atoms with Crippen LogP contribution in [0.2, 0.25) is 0 Å². The predicted octanol–water partition coefficient (Wildman–Crippen LogP) is 11.9. The first-order valence-electron chi connectivity index (χ1n) is 14.8. The zero-order chi connectivity index (χ0) is 28.2. The minimum Gasteiger partial charge on any atom is -0.310 e. The van der Waals surface area contributed by atoms with Crippen LogP contribution in [0.1, 0.15) is 25.3 Å². The van der Waals surface area contributed by atoms with Gasteiger partial charge in [0.05, 0.1) is 0 Å². The number of hydrogen-bond acceptors (Lipinski definition) is 1. The van der Waals surface area contributed by atoms with Crippen LogP contribution in [0.3, 0.4) is 0 Å². The second-order valence-electron chi connectivity index (χ2n) is 11.7. The van der Waals surface area contributed by atoms with Gasteiger partial charge in [-0.25, -0.2) is 0 Å². The van der Waals surface area contributed by atoms with Crippen LogP contribution in [0, 0.1) is 0 Å². The predicted molar refractivity (Wildman–Crippen MR) is 180 cm³/mol. The van der Waals surface area contributed by atoms with Gasteiger partial charge in [-0.15, -0.1) is 0 Å². The minimum absolute atomic E-state index is 0.497. The molecule has 0 saturated carbocycles. The zero-order valence-corrected chi connectivity index (χ0v) is 23.9. The van der Waals surface area contributed by atoms with Crippen LogP contribution >= 0.6 is 0 Å². The molecule has 0 heterocycles. The molecule has 7 aromatic carbocycles. The van der Waals surface area contributed by atoms with Gasteiger partial charge in [-0.1, -0.05) is 98.8 Å². The molecule has 1 aliphatic rings. The second-order valence-corrected chi connectivity index (χ2v) is 11.7. The summed E-state index contributed by atoms with van der Waals surface area (Å²) in [6, 6.07) is 53.5. The molecule has 0 unspecified atom stereocenters. The molecule has 0 amide bonds. The summed E-state index contributed by atoms with van der Waals surface area (Å²) in [7, 11) is 0. The Hall–Kier alpha value is -5.14. The van der Waals surface area contributed by atoms with Gasteiger partial charge in [-0.2, -0.15) is 0 Å². The van der Waals surface area contributed by atoms with Gasteiger partial charge in [0.2, 0.25) is 0 Å². The van der Waals surface area contributed by atoms with Gasteiger partial charge in [0.25, 0.3) is 0 Å². The molecule has 1 nitrogen and oxygen atoms in total. The van der Waals surface area contributed by atoms with Crippen molar-refractivity contribution in [1.82, 2.24) is 0 Å². The third-order valence-corrected chi connectivity index (χ3v) is 8.74. The molecular weight excluding hydrogens is 506 g/mol. The minimum atomic E-state index is 0.497. The average molecular weight is 538 g/mol. The maximum atomic E-state index is 2.38. The SMILES string of the molecule is CC(C)c1ccc(N(c2ccc(-c3ccccc3)cc2)c2ccc3cc4c(cc3c2)-c2cc3ccccc3cc2-4)cc1. The van der Waals surface area contributed by atoms with Crippen LogP contribution in [0.4, 0.5) is 17.1 Å². The van der Waals surface area contributed by atoms with E-state index in [9.17, 15) is 0 Å². The van der Waals surface area contributed by atoms with E-state index in [1.165, 1.54) is 60.5 Å². The maximum Gasteiger partial charge on any atom is 0.0468 e. The summed E-state index contributed by atoms with van der Waals surface area (Å²) in [5.74, 6) is 0.497. The molecule has 42 heavy (non-hydrogen) atoms. The summed E-state index contributed by atoms with van der Waals surface area (Å²) in [5.41, 5.74) is 12.7. The van der Waals surface area contributed by atoms with Crippen molar-refractivity contribution in [2.75, 3.05) is 4.90 Å². The molecule has 0 fully saturated rings. The fourth-order valence-electron chi connectivity index (χ4n) is 6.38. The van der Waals surface area contributed by atoms with E-state index in [1.54, 1.807) is 0 Å². The summed E-state index contributed by atoms with van der Waals surface area (Å²) in [6.07, 6.45) is 0. The molecule has 0 spiro atoms. The summed E-state index contributed by atoms with van der Waals surface area (Å²) >= 11 is 0. The van der Waals surface area contributed by atoms with E-state index >= 15 is 0 Å². The molecule has 1 heteroatoms. The molecule has 1 aliphatic carbocycles. The normalized spacial score (nSPS) is 11.8. The highest BCUT2D eigenvalue weighted by Gasteiger charge is 2.24. The van der Waals surface area contributed by atoms with Crippen LogP contribution in [0.15, 0.2) is 146 Å². The van der Waals surface area contributed by atoms with E-state index in [4.69, 9.17) is 0 Å². The van der Waals surface area contributed by atoms with Gasteiger partial charge in [0, 0.05) is 17.1 Å². The van der Waals surface area contributed by atoms with Crippen molar-refractivity contribution < 1.29 is 0 Å². The van der Waals surface area contributed by atoms with Crippen LogP contribution in [0.25, 0.3) is 54.9 Å². The fraction of sp³-hybridized carbons (Fsp3) is 0.0732. The van der Waals surface area contributed by atoms with Gasteiger partial charge in [-0.3, -0.25) is 0 Å². The van der Waals surface area contributed by atoms with Gasteiger partial charge in [0.15, 0.2) is 0 Å². The molecule has 8 rings (SSSR count). The summed E-state index contributed by atoms with van der Waals surface area (Å²) < 4.78 is 0. The van der Waals surface area contributed by atoms with Crippen molar-refractivity contribution in [2.24, 2.45) is 0 Å². The molecule has 0 aliphatic heterocycles. The Morgan fingerprint density at radius 1 is 0.381 bits per heavy atom. The molecule has 0 aromatic heterocycles. The highest BCUT2D eigenvalue weighted by molar-refractivity contribution is 6.12. The first-order chi connectivity index (χ1) is 20.6. The first kappa shape index (κ1) is 24.6. The molecule has 7 aromatic rings. The van der Waals surface area contributed by atoms with Gasteiger partial charge >= 0.3 is 0 Å². The number of nitrogens with zero attached hydrogens (tertiary/aromatic N) is 1. The van der Waals surface area contributed by atoms with Gasteiger partial charge < -0.3 is 4.90 Å². The number of anilines is 3. The third-order valence-electron chi connectivity index (χ3n) is 8.74. The summed E-state index contributed by atoms with van der Waals surface area (Å²) in [4.78, 5) is 2.37. The number of hydrogen-bond donors (Lipinski definition) is 0. The van der Waals surface area contributed by atoms with Crippen LogP contribution in [-0.4, -0.2) is 0 Å². The number of fused-ring (bicyclic) bond motifs is 6. The lowest BCUT2D eigenvalue weighted by Crippen LogP contribution is -2.10. The Morgan fingerprint density at radius 3 is 1.40 bits per heavy atom. The molecule has 200 valence electrons. The van der Waals surface area contributed by atoms with Gasteiger partial charge in [0.1, 0.15) is 0 Å². The topological polar surface area (TPSA) is 3.24 Å². The number of rotatable bonds is 5. The lowest BCUT2D eigenvalue weighted by molar-refractivity contribution is 0.866. The van der Waals surface area contributed by atoms with Crippen molar-refractivity contribution >= 4 is 38.6 Å². The average Bonchev–Trinajstić information content (AvgIpc) is 3.04. The smallest absolute Gasteiger partial charge is 0.0468 e. The second kappa shape index (κ2) is 9.75. The molecule has 0 saturated heterocycles. The molecule has 0 N–H and O–H groups in total. The lowest BCUT2D eigenvalue weighted by Gasteiger charge is -2.28. The Labute approximate surface area is 247 Å². The monoisotopic (exact) mass is 537 g/mol. The standard InChI is InChI=1S/C41H31N/c1-27(2)28-12-17-35(18-13-28)42(36-19-14-30(15-20-36)29-8-4-3-5-9-29)37-21-16-33-25-40-38-23-31-10-6-7-11-32(31)24-39(38)41(40)26-34(33)22-37/h3-27H,1-2H3. The summed E-state index contributed by atoms with van der Waals surface area (Å²) in [6.45, 7) is 4.49. The van der Waals surface area contributed by atoms with Crippen LogP contribution in [0.5, 0.6) is 0 Å². The zero-order valence-electron chi connectivity index (χ0n) is 23.9. The molecule has 0 radical (unpaired) electrons. The quantitative estimate of drug-likeness (QED) is 0.211. The number of benzene rings is 7. The third kappa shape index (κ3) is 4.09. The van der Waals surface area contributed by atoms with E-state index in [2.05, 4.69) is 164 Å². The Kier molecular flexibility index (Phi) is 5.72. The fourth-order valence-corrected chi connectivity index (χ4v) is 6.38. The van der Waals surface area contributed by atoms with Crippen molar-refractivity contribution in [1.29, 1.82) is 0 Å². The Bertz CT molecular complexity index is 2090. The van der Waals surface area contributed by atoms with E-state index in [-0.39, 0.29) is 0 Å². The summed E-state index contributed by atoms with van der Waals surface area (Å²) in [5, 5.41) is 5.13. The highest BCUT2D eigenvalue weighted by Crippen LogP contribution is 2.50. The van der Waals surface area contributed by atoms with E-state index < -0.39 is 0 Å².